The first-order chi connectivity index (χ1) is 10.8. The summed E-state index contributed by atoms with van der Waals surface area (Å²) in [5.74, 6) is 0.440. The SMILES string of the molecule is O=C1c2c(nc3ccccc3c2OCCCO)-c2cccn21. The molecule has 0 amide bonds. The summed E-state index contributed by atoms with van der Waals surface area (Å²) >= 11 is 0. The van der Waals surface area contributed by atoms with E-state index in [0.29, 0.717) is 30.0 Å². The van der Waals surface area contributed by atoms with Crippen LogP contribution in [0.5, 0.6) is 5.75 Å². The molecule has 1 aliphatic heterocycles. The summed E-state index contributed by atoms with van der Waals surface area (Å²) in [6.07, 6.45) is 2.26. The van der Waals surface area contributed by atoms with Crippen molar-refractivity contribution in [3.05, 3.63) is 48.2 Å². The lowest BCUT2D eigenvalue weighted by atomic mass is 10.1. The van der Waals surface area contributed by atoms with Gasteiger partial charge in [-0.25, -0.2) is 4.98 Å². The van der Waals surface area contributed by atoms with Gasteiger partial charge in [0, 0.05) is 24.6 Å². The molecule has 0 spiro atoms. The van der Waals surface area contributed by atoms with Gasteiger partial charge in [-0.15, -0.1) is 0 Å². The lowest BCUT2D eigenvalue weighted by Crippen LogP contribution is -2.09. The summed E-state index contributed by atoms with van der Waals surface area (Å²) in [6.45, 7) is 0.415. The molecule has 0 radical (unpaired) electrons. The topological polar surface area (TPSA) is 64.3 Å². The monoisotopic (exact) mass is 294 g/mol. The zero-order valence-electron chi connectivity index (χ0n) is 11.8. The molecule has 22 heavy (non-hydrogen) atoms. The van der Waals surface area contributed by atoms with Crippen molar-refractivity contribution in [2.75, 3.05) is 13.2 Å². The second-order valence-electron chi connectivity index (χ2n) is 5.18. The van der Waals surface area contributed by atoms with E-state index in [4.69, 9.17) is 9.84 Å². The minimum atomic E-state index is -0.118. The van der Waals surface area contributed by atoms with E-state index in [1.54, 1.807) is 10.8 Å². The van der Waals surface area contributed by atoms with Crippen LogP contribution in [0.1, 0.15) is 16.8 Å². The van der Waals surface area contributed by atoms with Crippen molar-refractivity contribution >= 4 is 16.8 Å². The van der Waals surface area contributed by atoms with Crippen LogP contribution in [-0.2, 0) is 0 Å². The smallest absolute Gasteiger partial charge is 0.268 e. The predicted molar refractivity (Wildman–Crippen MR) is 82.1 cm³/mol. The predicted octanol–water partition coefficient (Wildman–Crippen LogP) is 2.47. The molecule has 0 unspecified atom stereocenters. The Kier molecular flexibility index (Phi) is 2.94. The normalized spacial score (nSPS) is 12.5. The summed E-state index contributed by atoms with van der Waals surface area (Å²) in [6, 6.07) is 11.3. The van der Waals surface area contributed by atoms with Gasteiger partial charge in [-0.3, -0.25) is 9.36 Å². The van der Waals surface area contributed by atoms with E-state index in [2.05, 4.69) is 4.98 Å². The van der Waals surface area contributed by atoms with Gasteiger partial charge >= 0.3 is 0 Å². The van der Waals surface area contributed by atoms with Gasteiger partial charge in [0.25, 0.3) is 5.91 Å². The number of nitrogens with zero attached hydrogens (tertiary/aromatic N) is 2. The molecule has 4 rings (SSSR count). The van der Waals surface area contributed by atoms with E-state index >= 15 is 0 Å². The highest BCUT2D eigenvalue weighted by Gasteiger charge is 2.32. The number of rotatable bonds is 4. The zero-order valence-corrected chi connectivity index (χ0v) is 11.8. The number of hydrogen-bond donors (Lipinski definition) is 1. The van der Waals surface area contributed by atoms with Crippen molar-refractivity contribution in [2.45, 2.75) is 6.42 Å². The van der Waals surface area contributed by atoms with Crippen LogP contribution < -0.4 is 4.74 Å². The van der Waals surface area contributed by atoms with Gasteiger partial charge in [0.2, 0.25) is 0 Å². The molecule has 2 aromatic heterocycles. The number of para-hydroxylation sites is 1. The number of aliphatic hydroxyl groups excluding tert-OH is 1. The number of aliphatic hydroxyl groups is 1. The minimum absolute atomic E-state index is 0.0547. The van der Waals surface area contributed by atoms with Crippen molar-refractivity contribution in [1.82, 2.24) is 9.55 Å². The Bertz CT molecular complexity index is 883. The van der Waals surface area contributed by atoms with Crippen LogP contribution in [0.4, 0.5) is 0 Å². The maximum absolute atomic E-state index is 12.6. The molecule has 1 N–H and O–H groups in total. The third-order valence-electron chi connectivity index (χ3n) is 3.82. The first-order valence-electron chi connectivity index (χ1n) is 7.20. The number of fused-ring (bicyclic) bond motifs is 4. The van der Waals surface area contributed by atoms with Gasteiger partial charge in [-0.1, -0.05) is 12.1 Å². The summed E-state index contributed by atoms with van der Waals surface area (Å²) in [7, 11) is 0. The van der Waals surface area contributed by atoms with Crippen LogP contribution >= 0.6 is 0 Å². The summed E-state index contributed by atoms with van der Waals surface area (Å²) in [5, 5.41) is 9.77. The third-order valence-corrected chi connectivity index (χ3v) is 3.82. The molecule has 3 heterocycles. The van der Waals surface area contributed by atoms with Gasteiger partial charge in [0.15, 0.2) is 0 Å². The Labute approximate surface area is 126 Å². The summed E-state index contributed by atoms with van der Waals surface area (Å²) in [4.78, 5) is 17.3. The average molecular weight is 294 g/mol. The van der Waals surface area contributed by atoms with Gasteiger partial charge < -0.3 is 9.84 Å². The number of ether oxygens (including phenoxy) is 1. The van der Waals surface area contributed by atoms with Gasteiger partial charge in [0.05, 0.1) is 17.8 Å². The van der Waals surface area contributed by atoms with Crippen molar-refractivity contribution in [3.63, 3.8) is 0 Å². The fourth-order valence-corrected chi connectivity index (χ4v) is 2.83. The Hall–Kier alpha value is -2.66. The largest absolute Gasteiger partial charge is 0.492 e. The summed E-state index contributed by atoms with van der Waals surface area (Å²) in [5.41, 5.74) is 2.75. The first kappa shape index (κ1) is 13.0. The molecule has 3 aromatic rings. The molecule has 0 atom stereocenters. The molecule has 110 valence electrons. The second kappa shape index (κ2) is 4.96. The number of benzene rings is 1. The summed E-state index contributed by atoms with van der Waals surface area (Å²) < 4.78 is 7.43. The number of carbonyl (C=O) groups is 1. The van der Waals surface area contributed by atoms with Crippen molar-refractivity contribution in [3.8, 4) is 17.1 Å². The average Bonchev–Trinajstić information content (AvgIpc) is 3.11. The fraction of sp³-hybridized carbons (Fsp3) is 0.176. The molecule has 0 saturated heterocycles. The van der Waals surface area contributed by atoms with Crippen LogP contribution in [0.15, 0.2) is 42.6 Å². The Balaban J connectivity index is 1.97. The number of carbonyl (C=O) groups excluding carboxylic acids is 1. The molecule has 5 heteroatoms. The molecular formula is C17H14N2O3. The van der Waals surface area contributed by atoms with E-state index in [-0.39, 0.29) is 12.5 Å². The maximum atomic E-state index is 12.6. The second-order valence-corrected chi connectivity index (χ2v) is 5.18. The van der Waals surface area contributed by atoms with Crippen LogP contribution in [0.2, 0.25) is 0 Å². The number of hydrogen-bond acceptors (Lipinski definition) is 4. The molecule has 1 aromatic carbocycles. The number of aromatic nitrogens is 2. The van der Waals surface area contributed by atoms with Crippen molar-refractivity contribution < 1.29 is 14.6 Å². The molecule has 0 fully saturated rings. The lowest BCUT2D eigenvalue weighted by Gasteiger charge is -2.12. The minimum Gasteiger partial charge on any atom is -0.492 e. The van der Waals surface area contributed by atoms with Gasteiger partial charge in [0.1, 0.15) is 17.0 Å². The van der Waals surface area contributed by atoms with Crippen molar-refractivity contribution in [2.24, 2.45) is 0 Å². The van der Waals surface area contributed by atoms with E-state index < -0.39 is 0 Å². The highest BCUT2D eigenvalue weighted by Crippen LogP contribution is 2.40. The van der Waals surface area contributed by atoms with Crippen LogP contribution in [0, 0.1) is 0 Å². The zero-order chi connectivity index (χ0) is 15.1. The van der Waals surface area contributed by atoms with Crippen LogP contribution in [0.25, 0.3) is 22.3 Å². The van der Waals surface area contributed by atoms with Crippen LogP contribution in [-0.4, -0.2) is 33.8 Å². The standard InChI is InChI=1S/C17H14N2O3/c20-9-4-10-22-16-11-5-1-2-6-12(11)18-15-13-7-3-8-19(13)17(21)14(15)16/h1-3,5-8,20H,4,9-10H2. The Morgan fingerprint density at radius 2 is 2.05 bits per heavy atom. The molecular weight excluding hydrogens is 280 g/mol. The molecule has 0 saturated carbocycles. The van der Waals surface area contributed by atoms with Gasteiger partial charge in [-0.05, 0) is 24.3 Å². The highest BCUT2D eigenvalue weighted by atomic mass is 16.5. The van der Waals surface area contributed by atoms with E-state index in [9.17, 15) is 4.79 Å². The van der Waals surface area contributed by atoms with Crippen LogP contribution in [0.3, 0.4) is 0 Å². The fourth-order valence-electron chi connectivity index (χ4n) is 2.83. The van der Waals surface area contributed by atoms with E-state index in [1.807, 2.05) is 36.4 Å². The molecule has 0 aliphatic carbocycles. The first-order valence-corrected chi connectivity index (χ1v) is 7.20. The quantitative estimate of drug-likeness (QED) is 0.587. The highest BCUT2D eigenvalue weighted by molar-refractivity contribution is 6.13. The lowest BCUT2D eigenvalue weighted by molar-refractivity contribution is 0.0965. The van der Waals surface area contributed by atoms with Crippen molar-refractivity contribution in [1.29, 1.82) is 0 Å². The number of pyridine rings is 1. The third kappa shape index (κ3) is 1.76. The molecule has 0 bridgehead atoms. The van der Waals surface area contributed by atoms with E-state index in [1.165, 1.54) is 0 Å². The Morgan fingerprint density at radius 1 is 1.18 bits per heavy atom. The molecule has 5 nitrogen and oxygen atoms in total. The Morgan fingerprint density at radius 3 is 2.91 bits per heavy atom. The molecule has 1 aliphatic rings. The van der Waals surface area contributed by atoms with E-state index in [0.717, 1.165) is 16.6 Å². The van der Waals surface area contributed by atoms with Gasteiger partial charge in [-0.2, -0.15) is 0 Å². The maximum Gasteiger partial charge on any atom is 0.268 e.